The van der Waals surface area contributed by atoms with Crippen LogP contribution < -0.4 is 14.4 Å². The molecule has 1 atom stereocenters. The topological polar surface area (TPSA) is 62.3 Å². The molecule has 0 radical (unpaired) electrons. The van der Waals surface area contributed by atoms with Crippen LogP contribution in [-0.2, 0) is 16.1 Å². The van der Waals surface area contributed by atoms with Gasteiger partial charge in [-0.05, 0) is 23.6 Å². The summed E-state index contributed by atoms with van der Waals surface area (Å²) < 4.78 is 10.6. The second-order valence-electron chi connectivity index (χ2n) is 7.22. The molecule has 2 amide bonds. The average molecular weight is 416 g/mol. The summed E-state index contributed by atoms with van der Waals surface area (Å²) in [5, 5.41) is 2.09. The van der Waals surface area contributed by atoms with E-state index < -0.39 is 0 Å². The fourth-order valence-electron chi connectivity index (χ4n) is 3.99. The van der Waals surface area contributed by atoms with Crippen molar-refractivity contribution in [3.8, 4) is 11.5 Å². The van der Waals surface area contributed by atoms with Crippen molar-refractivity contribution >= 4 is 28.8 Å². The van der Waals surface area contributed by atoms with E-state index >= 15 is 0 Å². The van der Waals surface area contributed by atoms with Crippen LogP contribution in [0.4, 0.5) is 5.69 Å². The number of nitrogens with zero attached hydrogens (tertiary/aromatic N) is 3. The van der Waals surface area contributed by atoms with Gasteiger partial charge in [-0.3, -0.25) is 19.4 Å². The first-order chi connectivity index (χ1) is 14.1. The van der Waals surface area contributed by atoms with Gasteiger partial charge < -0.3 is 9.47 Å². The van der Waals surface area contributed by atoms with Crippen LogP contribution in [0.5, 0.6) is 11.5 Å². The number of carbonyl (C=O) groups excluding carboxylic acids is 2. The number of hydrogen-bond donors (Lipinski definition) is 0. The number of rotatable bonds is 6. The van der Waals surface area contributed by atoms with Crippen LogP contribution in [0.15, 0.2) is 35.7 Å². The molecular weight excluding hydrogens is 390 g/mol. The summed E-state index contributed by atoms with van der Waals surface area (Å²) in [5.41, 5.74) is 0.525. The lowest BCUT2D eigenvalue weighted by Crippen LogP contribution is -2.52. The van der Waals surface area contributed by atoms with E-state index in [0.29, 0.717) is 17.2 Å². The van der Waals surface area contributed by atoms with Gasteiger partial charge in [0, 0.05) is 43.7 Å². The first kappa shape index (κ1) is 19.9. The first-order valence-electron chi connectivity index (χ1n) is 9.68. The number of methoxy groups -OCH3 is 2. The largest absolute Gasteiger partial charge is 0.493 e. The highest BCUT2D eigenvalue weighted by atomic mass is 32.1. The van der Waals surface area contributed by atoms with E-state index in [9.17, 15) is 9.59 Å². The number of ether oxygens (including phenoxy) is 2. The van der Waals surface area contributed by atoms with Gasteiger partial charge in [-0.2, -0.15) is 0 Å². The van der Waals surface area contributed by atoms with Crippen molar-refractivity contribution in [3.05, 3.63) is 40.6 Å². The van der Waals surface area contributed by atoms with E-state index in [-0.39, 0.29) is 24.3 Å². The molecule has 4 rings (SSSR count). The molecule has 2 aliphatic heterocycles. The standard InChI is InChI=1S/C21H25N3O4S/c1-27-18-6-5-15(12-19(18)28-2)24-20(25)13-17(21(24)26)23-9-7-22(8-10-23)14-16-4-3-11-29-16/h3-6,11-12,17H,7-10,13-14H2,1-2H3. The summed E-state index contributed by atoms with van der Waals surface area (Å²) in [7, 11) is 3.09. The Bertz CT molecular complexity index is 878. The Balaban J connectivity index is 1.42. The predicted molar refractivity (Wildman–Crippen MR) is 112 cm³/mol. The van der Waals surface area contributed by atoms with Crippen molar-refractivity contribution in [3.63, 3.8) is 0 Å². The highest BCUT2D eigenvalue weighted by molar-refractivity contribution is 7.09. The molecule has 2 aliphatic rings. The molecule has 2 fully saturated rings. The molecule has 0 spiro atoms. The summed E-state index contributed by atoms with van der Waals surface area (Å²) in [4.78, 5) is 32.9. The van der Waals surface area contributed by atoms with Gasteiger partial charge in [0.05, 0.1) is 32.4 Å². The molecule has 2 aromatic rings. The lowest BCUT2D eigenvalue weighted by atomic mass is 10.1. The number of thiophene rings is 1. The minimum atomic E-state index is -0.389. The van der Waals surface area contributed by atoms with E-state index in [2.05, 4.69) is 27.3 Å². The zero-order chi connectivity index (χ0) is 20.4. The predicted octanol–water partition coefficient (Wildman–Crippen LogP) is 2.21. The van der Waals surface area contributed by atoms with Crippen LogP contribution in [0.25, 0.3) is 0 Å². The van der Waals surface area contributed by atoms with Crippen molar-refractivity contribution in [2.24, 2.45) is 0 Å². The number of carbonyl (C=O) groups is 2. The Morgan fingerprint density at radius 3 is 2.45 bits per heavy atom. The van der Waals surface area contributed by atoms with E-state index in [1.54, 1.807) is 36.6 Å². The third kappa shape index (κ3) is 4.01. The van der Waals surface area contributed by atoms with Crippen molar-refractivity contribution in [2.45, 2.75) is 19.0 Å². The molecule has 1 aromatic carbocycles. The van der Waals surface area contributed by atoms with Gasteiger partial charge in [0.25, 0.3) is 5.91 Å². The summed E-state index contributed by atoms with van der Waals surface area (Å²) in [6, 6.07) is 8.94. The van der Waals surface area contributed by atoms with Crippen molar-refractivity contribution in [2.75, 3.05) is 45.3 Å². The summed E-state index contributed by atoms with van der Waals surface area (Å²) in [6.07, 6.45) is 0.220. The molecular formula is C21H25N3O4S. The summed E-state index contributed by atoms with van der Waals surface area (Å²) >= 11 is 1.77. The van der Waals surface area contributed by atoms with Crippen LogP contribution in [-0.4, -0.2) is 68.1 Å². The van der Waals surface area contributed by atoms with E-state index in [1.807, 2.05) is 0 Å². The zero-order valence-electron chi connectivity index (χ0n) is 16.7. The number of hydrogen-bond acceptors (Lipinski definition) is 7. The fourth-order valence-corrected chi connectivity index (χ4v) is 4.74. The average Bonchev–Trinajstić information content (AvgIpc) is 3.35. The molecule has 1 unspecified atom stereocenters. The third-order valence-electron chi connectivity index (χ3n) is 5.56. The van der Waals surface area contributed by atoms with Gasteiger partial charge in [-0.1, -0.05) is 6.07 Å². The van der Waals surface area contributed by atoms with Gasteiger partial charge >= 0.3 is 0 Å². The van der Waals surface area contributed by atoms with Gasteiger partial charge in [-0.25, -0.2) is 4.90 Å². The molecule has 8 heteroatoms. The quantitative estimate of drug-likeness (QED) is 0.675. The Morgan fingerprint density at radius 2 is 1.79 bits per heavy atom. The van der Waals surface area contributed by atoms with Crippen molar-refractivity contribution in [1.29, 1.82) is 0 Å². The van der Waals surface area contributed by atoms with Gasteiger partial charge in [0.1, 0.15) is 0 Å². The SMILES string of the molecule is COc1ccc(N2C(=O)CC(N3CCN(Cc4cccs4)CC3)C2=O)cc1OC. The Kier molecular flexibility index (Phi) is 5.84. The van der Waals surface area contributed by atoms with Crippen LogP contribution in [0.2, 0.25) is 0 Å². The van der Waals surface area contributed by atoms with Crippen molar-refractivity contribution in [1.82, 2.24) is 9.80 Å². The molecule has 0 aliphatic carbocycles. The van der Waals surface area contributed by atoms with Crippen LogP contribution in [0, 0.1) is 0 Å². The molecule has 2 saturated heterocycles. The second kappa shape index (κ2) is 8.52. The molecule has 154 valence electrons. The molecule has 7 nitrogen and oxygen atoms in total. The molecule has 3 heterocycles. The zero-order valence-corrected chi connectivity index (χ0v) is 17.5. The van der Waals surface area contributed by atoms with E-state index in [0.717, 1.165) is 32.7 Å². The number of benzene rings is 1. The molecule has 29 heavy (non-hydrogen) atoms. The maximum absolute atomic E-state index is 13.1. The lowest BCUT2D eigenvalue weighted by Gasteiger charge is -2.36. The van der Waals surface area contributed by atoms with Gasteiger partial charge in [-0.15, -0.1) is 11.3 Å². The minimum Gasteiger partial charge on any atom is -0.493 e. The fraction of sp³-hybridized carbons (Fsp3) is 0.429. The van der Waals surface area contributed by atoms with Crippen LogP contribution in [0.3, 0.4) is 0 Å². The number of imide groups is 1. The van der Waals surface area contributed by atoms with E-state index in [1.165, 1.54) is 16.9 Å². The maximum atomic E-state index is 13.1. The normalized spacial score (nSPS) is 21.0. The second-order valence-corrected chi connectivity index (χ2v) is 8.25. The summed E-state index contributed by atoms with van der Waals surface area (Å²) in [6.45, 7) is 4.31. The first-order valence-corrected chi connectivity index (χ1v) is 10.6. The Hall–Kier alpha value is -2.42. The Labute approximate surface area is 174 Å². The number of piperazine rings is 1. The highest BCUT2D eigenvalue weighted by Crippen LogP contribution is 2.34. The monoisotopic (exact) mass is 415 g/mol. The van der Waals surface area contributed by atoms with Crippen LogP contribution in [0.1, 0.15) is 11.3 Å². The van der Waals surface area contributed by atoms with E-state index in [4.69, 9.17) is 9.47 Å². The van der Waals surface area contributed by atoms with Gasteiger partial charge in [0.15, 0.2) is 11.5 Å². The molecule has 1 aromatic heterocycles. The number of anilines is 1. The minimum absolute atomic E-state index is 0.158. The third-order valence-corrected chi connectivity index (χ3v) is 6.42. The smallest absolute Gasteiger partial charge is 0.251 e. The Morgan fingerprint density at radius 1 is 1.03 bits per heavy atom. The summed E-state index contributed by atoms with van der Waals surface area (Å²) in [5.74, 6) is 0.729. The molecule has 0 saturated carbocycles. The van der Waals surface area contributed by atoms with Gasteiger partial charge in [0.2, 0.25) is 5.91 Å². The molecule has 0 bridgehead atoms. The van der Waals surface area contributed by atoms with Crippen LogP contribution >= 0.6 is 11.3 Å². The molecule has 0 N–H and O–H groups in total. The highest BCUT2D eigenvalue weighted by Gasteiger charge is 2.43. The lowest BCUT2D eigenvalue weighted by molar-refractivity contribution is -0.123. The number of amides is 2. The van der Waals surface area contributed by atoms with Crippen molar-refractivity contribution < 1.29 is 19.1 Å². The maximum Gasteiger partial charge on any atom is 0.251 e.